The van der Waals surface area contributed by atoms with Crippen LogP contribution in [0.1, 0.15) is 28.5 Å². The molecule has 1 heterocycles. The van der Waals surface area contributed by atoms with Crippen LogP contribution in [0.5, 0.6) is 0 Å². The number of carboxylic acid groups (broad SMARTS) is 1. The van der Waals surface area contributed by atoms with Crippen molar-refractivity contribution in [2.45, 2.75) is 19.8 Å². The van der Waals surface area contributed by atoms with Crippen LogP contribution in [0, 0.1) is 6.92 Å². The van der Waals surface area contributed by atoms with Gasteiger partial charge in [0, 0.05) is 29.3 Å². The largest absolute Gasteiger partial charge is 0.478 e. The van der Waals surface area contributed by atoms with E-state index >= 15 is 0 Å². The number of aromatic nitrogens is 2. The Balaban J connectivity index is 1.98. The Morgan fingerprint density at radius 3 is 2.08 bits per heavy atom. The van der Waals surface area contributed by atoms with Gasteiger partial charge < -0.3 is 5.11 Å². The first-order valence-electron chi connectivity index (χ1n) is 7.92. The van der Waals surface area contributed by atoms with E-state index < -0.39 is 11.9 Å². The topological polar surface area (TPSA) is 63.1 Å². The highest BCUT2D eigenvalue weighted by Crippen LogP contribution is 2.29. The summed E-state index contributed by atoms with van der Waals surface area (Å²) in [6.07, 6.45) is 0. The summed E-state index contributed by atoms with van der Waals surface area (Å²) < 4.78 is 26.7. The highest BCUT2D eigenvalue weighted by Gasteiger charge is 2.23. The van der Waals surface area contributed by atoms with Gasteiger partial charge in [-0.25, -0.2) is 23.5 Å². The maximum Gasteiger partial charge on any atom is 0.335 e. The predicted octanol–water partition coefficient (Wildman–Crippen LogP) is 4.93. The van der Waals surface area contributed by atoms with E-state index in [-0.39, 0.29) is 11.1 Å². The Hall–Kier alpha value is -3.15. The molecular weight excluding hydrogens is 338 g/mol. The van der Waals surface area contributed by atoms with Gasteiger partial charge in [0.05, 0.1) is 11.3 Å². The summed E-state index contributed by atoms with van der Waals surface area (Å²) in [5.74, 6) is -3.45. The van der Waals surface area contributed by atoms with Crippen LogP contribution in [-0.4, -0.2) is 21.0 Å². The molecule has 6 heteroatoms. The van der Waals surface area contributed by atoms with Crippen molar-refractivity contribution in [3.05, 3.63) is 71.4 Å². The van der Waals surface area contributed by atoms with E-state index in [0.29, 0.717) is 22.6 Å². The van der Waals surface area contributed by atoms with Gasteiger partial charge in [0.15, 0.2) is 5.82 Å². The molecule has 0 radical (unpaired) electrons. The van der Waals surface area contributed by atoms with E-state index in [1.165, 1.54) is 24.3 Å². The zero-order valence-electron chi connectivity index (χ0n) is 14.2. The quantitative estimate of drug-likeness (QED) is 0.722. The number of rotatable bonds is 4. The third kappa shape index (κ3) is 3.74. The predicted molar refractivity (Wildman–Crippen MR) is 94.2 cm³/mol. The Morgan fingerprint density at radius 1 is 0.962 bits per heavy atom. The molecule has 0 atom stereocenters. The molecule has 3 rings (SSSR count). The molecule has 0 unspecified atom stereocenters. The van der Waals surface area contributed by atoms with E-state index in [9.17, 15) is 13.6 Å². The fraction of sp³-hybridized carbons (Fsp3) is 0.150. The number of carboxylic acids is 1. The first-order valence-corrected chi connectivity index (χ1v) is 7.92. The molecule has 3 aromatic rings. The molecule has 26 heavy (non-hydrogen) atoms. The minimum Gasteiger partial charge on any atom is -0.478 e. The molecule has 0 spiro atoms. The van der Waals surface area contributed by atoms with Gasteiger partial charge in [0.1, 0.15) is 0 Å². The zero-order valence-corrected chi connectivity index (χ0v) is 14.2. The minimum atomic E-state index is -2.89. The molecule has 0 bridgehead atoms. The molecule has 0 fully saturated rings. The summed E-state index contributed by atoms with van der Waals surface area (Å²) in [4.78, 5) is 19.8. The lowest BCUT2D eigenvalue weighted by atomic mass is 10.0. The average molecular weight is 354 g/mol. The summed E-state index contributed by atoms with van der Waals surface area (Å²) in [6, 6.07) is 14.0. The molecule has 0 amide bonds. The minimum absolute atomic E-state index is 0.0588. The molecule has 0 saturated carbocycles. The fourth-order valence-corrected chi connectivity index (χ4v) is 2.54. The number of halogens is 2. The maximum absolute atomic E-state index is 13.4. The van der Waals surface area contributed by atoms with Gasteiger partial charge in [0.2, 0.25) is 0 Å². The second-order valence-corrected chi connectivity index (χ2v) is 6.07. The molecule has 4 nitrogen and oxygen atoms in total. The number of aromatic carboxylic acids is 1. The van der Waals surface area contributed by atoms with Crippen LogP contribution in [0.15, 0.2) is 54.6 Å². The Labute approximate surface area is 149 Å². The van der Waals surface area contributed by atoms with Gasteiger partial charge in [-0.3, -0.25) is 0 Å². The number of hydrogen-bond donors (Lipinski definition) is 1. The van der Waals surface area contributed by atoms with Gasteiger partial charge in [-0.05, 0) is 25.1 Å². The molecule has 2 aromatic carbocycles. The summed E-state index contributed by atoms with van der Waals surface area (Å²) in [6.45, 7) is 2.67. The van der Waals surface area contributed by atoms with Crippen molar-refractivity contribution in [1.82, 2.24) is 9.97 Å². The SMILES string of the molecule is Cc1cc(-c2ccc(C(C)(F)F)cc2)nc(-c2ccc(C(=O)O)cc2)n1. The Morgan fingerprint density at radius 2 is 1.54 bits per heavy atom. The number of hydrogen-bond acceptors (Lipinski definition) is 3. The van der Waals surface area contributed by atoms with Crippen molar-refractivity contribution in [2.24, 2.45) is 0 Å². The van der Waals surface area contributed by atoms with Gasteiger partial charge in [-0.15, -0.1) is 0 Å². The van der Waals surface area contributed by atoms with Crippen molar-refractivity contribution >= 4 is 5.97 Å². The Kier molecular flexibility index (Phi) is 4.50. The van der Waals surface area contributed by atoms with Gasteiger partial charge in [-0.2, -0.15) is 0 Å². The highest BCUT2D eigenvalue weighted by molar-refractivity contribution is 5.88. The second-order valence-electron chi connectivity index (χ2n) is 6.07. The number of benzene rings is 2. The Bertz CT molecular complexity index is 947. The second kappa shape index (κ2) is 6.63. The fourth-order valence-electron chi connectivity index (χ4n) is 2.54. The third-order valence-corrected chi connectivity index (χ3v) is 3.93. The smallest absolute Gasteiger partial charge is 0.335 e. The summed E-state index contributed by atoms with van der Waals surface area (Å²) in [5, 5.41) is 8.98. The van der Waals surface area contributed by atoms with Crippen molar-refractivity contribution in [3.63, 3.8) is 0 Å². The van der Waals surface area contributed by atoms with Crippen LogP contribution in [0.25, 0.3) is 22.6 Å². The van der Waals surface area contributed by atoms with Crippen molar-refractivity contribution in [1.29, 1.82) is 0 Å². The van der Waals surface area contributed by atoms with Crippen molar-refractivity contribution in [2.75, 3.05) is 0 Å². The summed E-state index contributed by atoms with van der Waals surface area (Å²) >= 11 is 0. The molecule has 1 aromatic heterocycles. The van der Waals surface area contributed by atoms with Crippen LogP contribution in [-0.2, 0) is 5.92 Å². The lowest BCUT2D eigenvalue weighted by Gasteiger charge is -2.11. The number of alkyl halides is 2. The first kappa shape index (κ1) is 17.7. The highest BCUT2D eigenvalue weighted by atomic mass is 19.3. The monoisotopic (exact) mass is 354 g/mol. The summed E-state index contributed by atoms with van der Waals surface area (Å²) in [7, 11) is 0. The first-order chi connectivity index (χ1) is 12.2. The van der Waals surface area contributed by atoms with E-state index in [0.717, 1.165) is 12.6 Å². The van der Waals surface area contributed by atoms with E-state index in [1.807, 2.05) is 6.92 Å². The average Bonchev–Trinajstić information content (AvgIpc) is 2.60. The normalized spacial score (nSPS) is 11.4. The van der Waals surface area contributed by atoms with Gasteiger partial charge in [0.25, 0.3) is 5.92 Å². The van der Waals surface area contributed by atoms with Crippen molar-refractivity contribution < 1.29 is 18.7 Å². The molecule has 0 aliphatic heterocycles. The molecular formula is C20H16F2N2O2. The zero-order chi connectivity index (χ0) is 18.9. The van der Waals surface area contributed by atoms with Crippen LogP contribution < -0.4 is 0 Å². The molecule has 0 saturated heterocycles. The molecule has 1 N–H and O–H groups in total. The maximum atomic E-state index is 13.4. The van der Waals surface area contributed by atoms with Crippen LogP contribution >= 0.6 is 0 Å². The number of nitrogens with zero attached hydrogens (tertiary/aromatic N) is 2. The standard InChI is InChI=1S/C20H16F2N2O2/c1-12-11-17(13-7-9-16(10-8-13)20(2,21)22)24-18(23-12)14-3-5-15(6-4-14)19(25)26/h3-11H,1-2H3,(H,25,26). The number of carbonyl (C=O) groups is 1. The molecule has 132 valence electrons. The summed E-state index contributed by atoms with van der Waals surface area (Å²) in [5.41, 5.74) is 2.83. The van der Waals surface area contributed by atoms with Crippen LogP contribution in [0.2, 0.25) is 0 Å². The lowest BCUT2D eigenvalue weighted by molar-refractivity contribution is 0.0175. The van der Waals surface area contributed by atoms with Crippen molar-refractivity contribution in [3.8, 4) is 22.6 Å². The van der Waals surface area contributed by atoms with E-state index in [4.69, 9.17) is 5.11 Å². The number of aryl methyl sites for hydroxylation is 1. The van der Waals surface area contributed by atoms with Gasteiger partial charge >= 0.3 is 5.97 Å². The van der Waals surface area contributed by atoms with E-state index in [1.54, 1.807) is 30.3 Å². The third-order valence-electron chi connectivity index (χ3n) is 3.93. The van der Waals surface area contributed by atoms with Gasteiger partial charge in [-0.1, -0.05) is 36.4 Å². The lowest BCUT2D eigenvalue weighted by Crippen LogP contribution is -2.06. The molecule has 0 aliphatic carbocycles. The van der Waals surface area contributed by atoms with Crippen LogP contribution in [0.4, 0.5) is 8.78 Å². The van der Waals surface area contributed by atoms with E-state index in [2.05, 4.69) is 9.97 Å². The van der Waals surface area contributed by atoms with Crippen LogP contribution in [0.3, 0.4) is 0 Å². The molecule has 0 aliphatic rings.